The molecule has 0 heterocycles. The van der Waals surface area contributed by atoms with Crippen molar-refractivity contribution in [2.45, 2.75) is 6.92 Å². The van der Waals surface area contributed by atoms with Crippen LogP contribution in [0.3, 0.4) is 0 Å². The molecule has 1 amide bonds. The normalized spacial score (nSPS) is 10.8. The van der Waals surface area contributed by atoms with Crippen molar-refractivity contribution in [1.29, 1.82) is 5.26 Å². The zero-order valence-electron chi connectivity index (χ0n) is 12.8. The highest BCUT2D eigenvalue weighted by Crippen LogP contribution is 2.22. The van der Waals surface area contributed by atoms with E-state index in [1.54, 1.807) is 19.2 Å². The Kier molecular flexibility index (Phi) is 5.77. The van der Waals surface area contributed by atoms with Crippen LogP contribution >= 0.6 is 22.6 Å². The molecule has 0 aliphatic carbocycles. The molecule has 0 aliphatic rings. The summed E-state index contributed by atoms with van der Waals surface area (Å²) >= 11 is 2.21. The van der Waals surface area contributed by atoms with Gasteiger partial charge in [0.25, 0.3) is 5.91 Å². The van der Waals surface area contributed by atoms with E-state index in [-0.39, 0.29) is 5.57 Å². The Morgan fingerprint density at radius 3 is 2.70 bits per heavy atom. The van der Waals surface area contributed by atoms with Crippen molar-refractivity contribution in [3.63, 3.8) is 0 Å². The van der Waals surface area contributed by atoms with Gasteiger partial charge >= 0.3 is 0 Å². The third-order valence-electron chi connectivity index (χ3n) is 3.24. The van der Waals surface area contributed by atoms with Gasteiger partial charge in [0.15, 0.2) is 0 Å². The largest absolute Gasteiger partial charge is 0.496 e. The van der Waals surface area contributed by atoms with Crippen LogP contribution in [0.2, 0.25) is 0 Å². The summed E-state index contributed by atoms with van der Waals surface area (Å²) in [6, 6.07) is 14.9. The molecule has 0 fully saturated rings. The predicted octanol–water partition coefficient (Wildman–Crippen LogP) is 4.15. The van der Waals surface area contributed by atoms with Crippen LogP contribution in [-0.4, -0.2) is 13.0 Å². The SMILES string of the molecule is COc1ccccc1/C=C(\C#N)C(=O)Nc1ccc(I)cc1C. The van der Waals surface area contributed by atoms with Crippen LogP contribution in [0.5, 0.6) is 5.75 Å². The van der Waals surface area contributed by atoms with E-state index < -0.39 is 5.91 Å². The molecule has 5 heteroatoms. The molecule has 1 N–H and O–H groups in total. The molecule has 0 radical (unpaired) electrons. The number of hydrogen-bond donors (Lipinski definition) is 1. The zero-order valence-corrected chi connectivity index (χ0v) is 14.9. The van der Waals surface area contributed by atoms with Gasteiger partial charge in [-0.3, -0.25) is 4.79 Å². The molecule has 2 aromatic rings. The zero-order chi connectivity index (χ0) is 16.8. The van der Waals surface area contributed by atoms with E-state index in [9.17, 15) is 10.1 Å². The van der Waals surface area contributed by atoms with E-state index in [2.05, 4.69) is 27.9 Å². The molecule has 0 bridgehead atoms. The summed E-state index contributed by atoms with van der Waals surface area (Å²) in [4.78, 5) is 12.3. The molecule has 4 nitrogen and oxygen atoms in total. The highest BCUT2D eigenvalue weighted by Gasteiger charge is 2.12. The highest BCUT2D eigenvalue weighted by atomic mass is 127. The lowest BCUT2D eigenvalue weighted by molar-refractivity contribution is -0.112. The van der Waals surface area contributed by atoms with Crippen molar-refractivity contribution in [2.24, 2.45) is 0 Å². The highest BCUT2D eigenvalue weighted by molar-refractivity contribution is 14.1. The smallest absolute Gasteiger partial charge is 0.266 e. The Balaban J connectivity index is 2.28. The summed E-state index contributed by atoms with van der Waals surface area (Å²) in [5, 5.41) is 12.1. The molecule has 2 aromatic carbocycles. The molecular weight excluding hydrogens is 403 g/mol. The topological polar surface area (TPSA) is 62.1 Å². The minimum Gasteiger partial charge on any atom is -0.496 e. The second-order valence-electron chi connectivity index (χ2n) is 4.83. The Bertz CT molecular complexity index is 807. The lowest BCUT2D eigenvalue weighted by atomic mass is 10.1. The summed E-state index contributed by atoms with van der Waals surface area (Å²) in [6.45, 7) is 1.91. The summed E-state index contributed by atoms with van der Waals surface area (Å²) in [5.74, 6) is 0.168. The van der Waals surface area contributed by atoms with Crippen LogP contribution in [0.1, 0.15) is 11.1 Å². The molecule has 0 unspecified atom stereocenters. The van der Waals surface area contributed by atoms with E-state index in [0.717, 1.165) is 9.13 Å². The van der Waals surface area contributed by atoms with Gasteiger partial charge in [0.2, 0.25) is 0 Å². The molecule has 0 saturated carbocycles. The van der Waals surface area contributed by atoms with Gasteiger partial charge in [0, 0.05) is 14.8 Å². The van der Waals surface area contributed by atoms with Gasteiger partial charge in [-0.2, -0.15) is 5.26 Å². The first-order chi connectivity index (χ1) is 11.0. The fourth-order valence-electron chi connectivity index (χ4n) is 2.05. The van der Waals surface area contributed by atoms with Gasteiger partial charge in [0.1, 0.15) is 17.4 Å². The number of halogens is 1. The van der Waals surface area contributed by atoms with E-state index in [4.69, 9.17) is 4.74 Å². The van der Waals surface area contributed by atoms with Gasteiger partial charge < -0.3 is 10.1 Å². The van der Waals surface area contributed by atoms with Crippen LogP contribution in [0.25, 0.3) is 6.08 Å². The molecule has 23 heavy (non-hydrogen) atoms. The number of nitriles is 1. The number of aryl methyl sites for hydroxylation is 1. The maximum absolute atomic E-state index is 12.3. The summed E-state index contributed by atoms with van der Waals surface area (Å²) < 4.78 is 6.32. The van der Waals surface area contributed by atoms with Crippen LogP contribution in [0.15, 0.2) is 48.0 Å². The Morgan fingerprint density at radius 2 is 2.04 bits per heavy atom. The Labute approximate surface area is 148 Å². The van der Waals surface area contributed by atoms with Crippen molar-refractivity contribution < 1.29 is 9.53 Å². The van der Waals surface area contributed by atoms with Crippen LogP contribution in [-0.2, 0) is 4.79 Å². The number of carbonyl (C=O) groups excluding carboxylic acids is 1. The first kappa shape index (κ1) is 17.0. The fourth-order valence-corrected chi connectivity index (χ4v) is 2.69. The van der Waals surface area contributed by atoms with Crippen molar-refractivity contribution in [1.82, 2.24) is 0 Å². The van der Waals surface area contributed by atoms with Crippen molar-refractivity contribution in [2.75, 3.05) is 12.4 Å². The van der Waals surface area contributed by atoms with E-state index >= 15 is 0 Å². The number of anilines is 1. The van der Waals surface area contributed by atoms with Crippen LogP contribution < -0.4 is 10.1 Å². The molecule has 0 aromatic heterocycles. The average molecular weight is 418 g/mol. The molecule has 0 atom stereocenters. The monoisotopic (exact) mass is 418 g/mol. The lowest BCUT2D eigenvalue weighted by Gasteiger charge is -2.09. The number of amides is 1. The molecule has 0 saturated heterocycles. The third-order valence-corrected chi connectivity index (χ3v) is 3.91. The molecule has 2 rings (SSSR count). The van der Waals surface area contributed by atoms with Gasteiger partial charge in [-0.25, -0.2) is 0 Å². The molecule has 116 valence electrons. The summed E-state index contributed by atoms with van der Waals surface area (Å²) in [7, 11) is 1.55. The number of benzene rings is 2. The van der Waals surface area contributed by atoms with Crippen molar-refractivity contribution in [3.05, 3.63) is 62.7 Å². The first-order valence-corrected chi connectivity index (χ1v) is 7.95. The standard InChI is InChI=1S/C18H15IN2O2/c1-12-9-15(19)7-8-16(12)21-18(22)14(11-20)10-13-5-3-4-6-17(13)23-2/h3-10H,1-2H3,(H,21,22)/b14-10+. The number of nitrogens with one attached hydrogen (secondary N) is 1. The predicted molar refractivity (Wildman–Crippen MR) is 99.1 cm³/mol. The third kappa shape index (κ3) is 4.33. The van der Waals surface area contributed by atoms with Gasteiger partial charge in [0.05, 0.1) is 7.11 Å². The number of hydrogen-bond acceptors (Lipinski definition) is 3. The quantitative estimate of drug-likeness (QED) is 0.461. The van der Waals surface area contributed by atoms with Gasteiger partial charge in [-0.15, -0.1) is 0 Å². The number of nitrogens with zero attached hydrogens (tertiary/aromatic N) is 1. The minimum absolute atomic E-state index is 0.0208. The molecule has 0 aliphatic heterocycles. The van der Waals surface area contributed by atoms with Gasteiger partial charge in [-0.05, 0) is 65.4 Å². The Morgan fingerprint density at radius 1 is 1.30 bits per heavy atom. The minimum atomic E-state index is -0.442. The molecular formula is C18H15IN2O2. The summed E-state index contributed by atoms with van der Waals surface area (Å²) in [5.41, 5.74) is 2.34. The van der Waals surface area contributed by atoms with Crippen LogP contribution in [0.4, 0.5) is 5.69 Å². The number of para-hydroxylation sites is 1. The van der Waals surface area contributed by atoms with E-state index in [0.29, 0.717) is 17.0 Å². The first-order valence-electron chi connectivity index (χ1n) is 6.87. The van der Waals surface area contributed by atoms with Crippen molar-refractivity contribution >= 4 is 40.3 Å². The maximum atomic E-state index is 12.3. The van der Waals surface area contributed by atoms with E-state index in [1.165, 1.54) is 6.08 Å². The maximum Gasteiger partial charge on any atom is 0.266 e. The lowest BCUT2D eigenvalue weighted by Crippen LogP contribution is -2.14. The number of carbonyl (C=O) groups is 1. The van der Waals surface area contributed by atoms with Gasteiger partial charge in [-0.1, -0.05) is 18.2 Å². The average Bonchev–Trinajstić information content (AvgIpc) is 2.55. The Hall–Kier alpha value is -2.33. The number of ether oxygens (including phenoxy) is 1. The molecule has 0 spiro atoms. The number of methoxy groups -OCH3 is 1. The second-order valence-corrected chi connectivity index (χ2v) is 6.07. The van der Waals surface area contributed by atoms with E-state index in [1.807, 2.05) is 43.3 Å². The number of rotatable bonds is 4. The van der Waals surface area contributed by atoms with Crippen LogP contribution in [0, 0.1) is 21.8 Å². The van der Waals surface area contributed by atoms with Crippen molar-refractivity contribution in [3.8, 4) is 11.8 Å². The second kappa shape index (κ2) is 7.79. The summed E-state index contributed by atoms with van der Waals surface area (Å²) in [6.07, 6.45) is 1.52. The fraction of sp³-hybridized carbons (Fsp3) is 0.111.